The van der Waals surface area contributed by atoms with E-state index >= 15 is 0 Å². The third kappa shape index (κ3) is 2.80. The van der Waals surface area contributed by atoms with Gasteiger partial charge in [0.2, 0.25) is 0 Å². The standard InChI is InChI=1S/C15H20ClN3O/c1-10-9-14(15(20)11(2)16)12(3)19(10)8-6-13-5-7-17-18(13)4/h5,7,9,11H,6,8H2,1-4H3. The molecule has 0 aliphatic carbocycles. The van der Waals surface area contributed by atoms with E-state index < -0.39 is 5.38 Å². The average Bonchev–Trinajstić information content (AvgIpc) is 2.91. The number of nitrogens with zero attached hydrogens (tertiary/aromatic N) is 3. The summed E-state index contributed by atoms with van der Waals surface area (Å²) in [5.41, 5.74) is 3.98. The molecule has 0 radical (unpaired) electrons. The number of hydrogen-bond donors (Lipinski definition) is 0. The fourth-order valence-corrected chi connectivity index (χ4v) is 2.60. The van der Waals surface area contributed by atoms with Crippen molar-refractivity contribution in [1.29, 1.82) is 0 Å². The molecule has 2 rings (SSSR count). The average molecular weight is 294 g/mol. The second-order valence-electron chi connectivity index (χ2n) is 5.11. The van der Waals surface area contributed by atoms with Gasteiger partial charge in [0.1, 0.15) is 0 Å². The molecule has 1 atom stereocenters. The van der Waals surface area contributed by atoms with Crippen molar-refractivity contribution in [2.45, 2.75) is 39.1 Å². The summed E-state index contributed by atoms with van der Waals surface area (Å²) in [5.74, 6) is -0.00782. The first-order valence-corrected chi connectivity index (χ1v) is 7.17. The number of rotatable bonds is 5. The zero-order valence-corrected chi connectivity index (χ0v) is 13.1. The molecule has 5 heteroatoms. The van der Waals surface area contributed by atoms with Gasteiger partial charge < -0.3 is 4.57 Å². The second-order valence-corrected chi connectivity index (χ2v) is 5.77. The Morgan fingerprint density at radius 3 is 2.70 bits per heavy atom. The van der Waals surface area contributed by atoms with E-state index in [0.717, 1.165) is 29.9 Å². The van der Waals surface area contributed by atoms with Crippen LogP contribution in [0.2, 0.25) is 0 Å². The molecular weight excluding hydrogens is 274 g/mol. The van der Waals surface area contributed by atoms with Crippen LogP contribution >= 0.6 is 11.6 Å². The first-order valence-electron chi connectivity index (χ1n) is 6.73. The van der Waals surface area contributed by atoms with Gasteiger partial charge in [-0.2, -0.15) is 5.10 Å². The van der Waals surface area contributed by atoms with Gasteiger partial charge in [-0.1, -0.05) is 0 Å². The Morgan fingerprint density at radius 2 is 2.15 bits per heavy atom. The lowest BCUT2D eigenvalue weighted by molar-refractivity contribution is 0.0991. The van der Waals surface area contributed by atoms with Gasteiger partial charge in [0.25, 0.3) is 0 Å². The molecule has 4 nitrogen and oxygen atoms in total. The molecule has 0 aliphatic heterocycles. The van der Waals surface area contributed by atoms with Crippen molar-refractivity contribution in [3.8, 4) is 0 Å². The second kappa shape index (κ2) is 5.83. The maximum atomic E-state index is 12.1. The van der Waals surface area contributed by atoms with Crippen LogP contribution in [0.1, 0.15) is 34.4 Å². The highest BCUT2D eigenvalue weighted by molar-refractivity contribution is 6.33. The Bertz CT molecular complexity index is 625. The molecule has 2 aromatic heterocycles. The van der Waals surface area contributed by atoms with Crippen LogP contribution in [0.3, 0.4) is 0 Å². The molecule has 0 fully saturated rings. The van der Waals surface area contributed by atoms with Gasteiger partial charge in [0.05, 0.1) is 5.38 Å². The maximum Gasteiger partial charge on any atom is 0.182 e. The van der Waals surface area contributed by atoms with E-state index in [2.05, 4.69) is 9.67 Å². The number of aryl methyl sites for hydroxylation is 3. The van der Waals surface area contributed by atoms with Crippen molar-refractivity contribution in [2.75, 3.05) is 0 Å². The number of carbonyl (C=O) groups excluding carboxylic acids is 1. The largest absolute Gasteiger partial charge is 0.348 e. The minimum absolute atomic E-state index is 0.00782. The molecule has 0 saturated carbocycles. The van der Waals surface area contributed by atoms with Crippen LogP contribution in [0.15, 0.2) is 18.3 Å². The van der Waals surface area contributed by atoms with Gasteiger partial charge in [-0.05, 0) is 32.9 Å². The molecule has 0 amide bonds. The number of alkyl halides is 1. The molecule has 0 aliphatic rings. The Morgan fingerprint density at radius 1 is 1.45 bits per heavy atom. The summed E-state index contributed by atoms with van der Waals surface area (Å²) in [6.07, 6.45) is 2.69. The summed E-state index contributed by atoms with van der Waals surface area (Å²) >= 11 is 5.91. The number of ketones is 1. The summed E-state index contributed by atoms with van der Waals surface area (Å²) in [6.45, 7) is 6.54. The lowest BCUT2D eigenvalue weighted by Crippen LogP contribution is -2.13. The molecule has 0 saturated heterocycles. The molecule has 0 spiro atoms. The predicted molar refractivity (Wildman–Crippen MR) is 80.5 cm³/mol. The van der Waals surface area contributed by atoms with Gasteiger partial charge in [0, 0.05) is 48.9 Å². The summed E-state index contributed by atoms with van der Waals surface area (Å²) < 4.78 is 4.04. The van der Waals surface area contributed by atoms with Crippen molar-refractivity contribution >= 4 is 17.4 Å². The minimum Gasteiger partial charge on any atom is -0.348 e. The van der Waals surface area contributed by atoms with Crippen LogP contribution in [-0.4, -0.2) is 25.5 Å². The van der Waals surface area contributed by atoms with E-state index in [9.17, 15) is 4.79 Å². The zero-order valence-electron chi connectivity index (χ0n) is 12.4. The first kappa shape index (κ1) is 14.9. The van der Waals surface area contributed by atoms with E-state index in [1.54, 1.807) is 13.1 Å². The highest BCUT2D eigenvalue weighted by Crippen LogP contribution is 2.19. The van der Waals surface area contributed by atoms with Gasteiger partial charge in [-0.15, -0.1) is 11.6 Å². The molecule has 0 aromatic carbocycles. The van der Waals surface area contributed by atoms with Crippen LogP contribution in [-0.2, 0) is 20.0 Å². The predicted octanol–water partition coefficient (Wildman–Crippen LogP) is 2.89. The minimum atomic E-state index is -0.485. The van der Waals surface area contributed by atoms with Crippen LogP contribution in [0.25, 0.3) is 0 Å². The molecule has 20 heavy (non-hydrogen) atoms. The third-order valence-electron chi connectivity index (χ3n) is 3.71. The summed E-state index contributed by atoms with van der Waals surface area (Å²) in [7, 11) is 1.94. The maximum absolute atomic E-state index is 12.1. The fourth-order valence-electron chi connectivity index (χ4n) is 2.48. The third-order valence-corrected chi connectivity index (χ3v) is 3.91. The van der Waals surface area contributed by atoms with Crippen LogP contribution in [0, 0.1) is 13.8 Å². The molecule has 1 unspecified atom stereocenters. The van der Waals surface area contributed by atoms with Crippen LogP contribution in [0.5, 0.6) is 0 Å². The lowest BCUT2D eigenvalue weighted by atomic mass is 10.1. The van der Waals surface area contributed by atoms with E-state index in [-0.39, 0.29) is 5.78 Å². The van der Waals surface area contributed by atoms with E-state index in [1.807, 2.05) is 37.7 Å². The lowest BCUT2D eigenvalue weighted by Gasteiger charge is -2.10. The molecule has 0 N–H and O–H groups in total. The monoisotopic (exact) mass is 293 g/mol. The van der Waals surface area contributed by atoms with Crippen molar-refractivity contribution in [3.63, 3.8) is 0 Å². The van der Waals surface area contributed by atoms with Crippen molar-refractivity contribution < 1.29 is 4.79 Å². The Labute approximate surface area is 124 Å². The number of Topliss-reactive ketones (excluding diaryl/α,β-unsaturated/α-hetero) is 1. The van der Waals surface area contributed by atoms with E-state index in [1.165, 1.54) is 5.69 Å². The normalized spacial score (nSPS) is 12.7. The number of hydrogen-bond acceptors (Lipinski definition) is 2. The van der Waals surface area contributed by atoms with Crippen molar-refractivity contribution in [1.82, 2.24) is 14.3 Å². The Balaban J connectivity index is 2.21. The highest BCUT2D eigenvalue weighted by atomic mass is 35.5. The Hall–Kier alpha value is -1.55. The zero-order chi connectivity index (χ0) is 14.9. The van der Waals surface area contributed by atoms with Gasteiger partial charge in [-0.25, -0.2) is 0 Å². The molecule has 2 aromatic rings. The number of aromatic nitrogens is 3. The number of carbonyl (C=O) groups is 1. The van der Waals surface area contributed by atoms with Gasteiger partial charge in [-0.3, -0.25) is 9.48 Å². The summed E-state index contributed by atoms with van der Waals surface area (Å²) in [6, 6.07) is 3.95. The molecule has 0 bridgehead atoms. The van der Waals surface area contributed by atoms with Gasteiger partial charge >= 0.3 is 0 Å². The molecular formula is C15H20ClN3O. The Kier molecular flexibility index (Phi) is 4.33. The van der Waals surface area contributed by atoms with Crippen LogP contribution in [0.4, 0.5) is 0 Å². The highest BCUT2D eigenvalue weighted by Gasteiger charge is 2.19. The van der Waals surface area contributed by atoms with Gasteiger partial charge in [0.15, 0.2) is 5.78 Å². The van der Waals surface area contributed by atoms with Crippen molar-refractivity contribution in [3.05, 3.63) is 41.0 Å². The summed E-state index contributed by atoms with van der Waals surface area (Å²) in [5, 5.41) is 3.68. The first-order chi connectivity index (χ1) is 9.41. The van der Waals surface area contributed by atoms with Crippen LogP contribution < -0.4 is 0 Å². The smallest absolute Gasteiger partial charge is 0.182 e. The SMILES string of the molecule is Cc1cc(C(=O)C(C)Cl)c(C)n1CCc1ccnn1C. The number of halogens is 1. The summed E-state index contributed by atoms with van der Waals surface area (Å²) in [4.78, 5) is 12.1. The van der Waals surface area contributed by atoms with Crippen molar-refractivity contribution in [2.24, 2.45) is 7.05 Å². The molecule has 108 valence electrons. The van der Waals surface area contributed by atoms with E-state index in [0.29, 0.717) is 0 Å². The quantitative estimate of drug-likeness (QED) is 0.628. The fraction of sp³-hybridized carbons (Fsp3) is 0.467. The topological polar surface area (TPSA) is 39.8 Å². The van der Waals surface area contributed by atoms with E-state index in [4.69, 9.17) is 11.6 Å². The molecule has 2 heterocycles.